The third-order valence-corrected chi connectivity index (χ3v) is 3.97. The quantitative estimate of drug-likeness (QED) is 0.788. The van der Waals surface area contributed by atoms with E-state index in [1.54, 1.807) is 7.11 Å². The standard InChI is InChI=1S/C17H28N2O3/c1-3-8-18-9-11-19(12-10-18)13-15(20)14-22-17-7-5-4-6-16(17)21-2/h4-7,15,20H,3,8-14H2,1-2H3. The number of nitrogens with zero attached hydrogens (tertiary/aromatic N) is 2. The van der Waals surface area contributed by atoms with Crippen molar-refractivity contribution >= 4 is 0 Å². The first-order chi connectivity index (χ1) is 10.7. The van der Waals surface area contributed by atoms with Crippen molar-refractivity contribution in [3.63, 3.8) is 0 Å². The Hall–Kier alpha value is -1.30. The fourth-order valence-electron chi connectivity index (χ4n) is 2.79. The molecule has 1 aliphatic heterocycles. The van der Waals surface area contributed by atoms with Gasteiger partial charge in [0.2, 0.25) is 0 Å². The normalized spacial score (nSPS) is 18.1. The predicted octanol–water partition coefficient (Wildman–Crippen LogP) is 1.46. The lowest BCUT2D eigenvalue weighted by atomic mass is 10.2. The highest BCUT2D eigenvalue weighted by atomic mass is 16.5. The Bertz CT molecular complexity index is 434. The molecule has 5 heteroatoms. The Morgan fingerprint density at radius 2 is 1.73 bits per heavy atom. The second kappa shape index (κ2) is 8.98. The molecule has 5 nitrogen and oxygen atoms in total. The van der Waals surface area contributed by atoms with Gasteiger partial charge in [0.05, 0.1) is 7.11 Å². The minimum absolute atomic E-state index is 0.287. The summed E-state index contributed by atoms with van der Waals surface area (Å²) in [4.78, 5) is 4.79. The zero-order valence-corrected chi connectivity index (χ0v) is 13.7. The highest BCUT2D eigenvalue weighted by Gasteiger charge is 2.19. The highest BCUT2D eigenvalue weighted by molar-refractivity contribution is 5.39. The van der Waals surface area contributed by atoms with Crippen LogP contribution >= 0.6 is 0 Å². The fourth-order valence-corrected chi connectivity index (χ4v) is 2.79. The number of hydrogen-bond acceptors (Lipinski definition) is 5. The van der Waals surface area contributed by atoms with Crippen LogP contribution in [0.1, 0.15) is 13.3 Å². The number of benzene rings is 1. The van der Waals surface area contributed by atoms with Gasteiger partial charge >= 0.3 is 0 Å². The monoisotopic (exact) mass is 308 g/mol. The third kappa shape index (κ3) is 5.16. The molecule has 124 valence electrons. The first-order valence-corrected chi connectivity index (χ1v) is 8.11. The minimum Gasteiger partial charge on any atom is -0.493 e. The maximum Gasteiger partial charge on any atom is 0.161 e. The van der Waals surface area contributed by atoms with Gasteiger partial charge in [0, 0.05) is 32.7 Å². The Labute approximate surface area is 133 Å². The van der Waals surface area contributed by atoms with E-state index in [2.05, 4.69) is 16.7 Å². The van der Waals surface area contributed by atoms with Crippen LogP contribution in [-0.2, 0) is 0 Å². The van der Waals surface area contributed by atoms with E-state index in [1.165, 1.54) is 13.0 Å². The Morgan fingerprint density at radius 1 is 1.09 bits per heavy atom. The summed E-state index contributed by atoms with van der Waals surface area (Å²) in [7, 11) is 1.62. The summed E-state index contributed by atoms with van der Waals surface area (Å²) in [5.41, 5.74) is 0. The summed E-state index contributed by atoms with van der Waals surface area (Å²) < 4.78 is 10.9. The van der Waals surface area contributed by atoms with Gasteiger partial charge in [-0.05, 0) is 25.1 Å². The van der Waals surface area contributed by atoms with Gasteiger partial charge in [0.25, 0.3) is 0 Å². The molecule has 0 aromatic heterocycles. The fraction of sp³-hybridized carbons (Fsp3) is 0.647. The molecule has 1 fully saturated rings. The van der Waals surface area contributed by atoms with Crippen molar-refractivity contribution in [3.05, 3.63) is 24.3 Å². The van der Waals surface area contributed by atoms with E-state index in [1.807, 2.05) is 24.3 Å². The summed E-state index contributed by atoms with van der Waals surface area (Å²) in [6, 6.07) is 7.51. The van der Waals surface area contributed by atoms with Crippen molar-refractivity contribution < 1.29 is 14.6 Å². The van der Waals surface area contributed by atoms with E-state index in [0.717, 1.165) is 26.2 Å². The van der Waals surface area contributed by atoms with Crippen molar-refractivity contribution in [1.82, 2.24) is 9.80 Å². The zero-order valence-electron chi connectivity index (χ0n) is 13.7. The summed E-state index contributed by atoms with van der Waals surface area (Å²) in [6.07, 6.45) is 0.720. The van der Waals surface area contributed by atoms with Gasteiger partial charge in [-0.3, -0.25) is 4.90 Å². The molecule has 0 saturated carbocycles. The van der Waals surface area contributed by atoms with Crippen molar-refractivity contribution in [2.45, 2.75) is 19.4 Å². The number of rotatable bonds is 8. The molecule has 2 rings (SSSR count). The van der Waals surface area contributed by atoms with Crippen LogP contribution in [0.4, 0.5) is 0 Å². The van der Waals surface area contributed by atoms with Gasteiger partial charge in [0.15, 0.2) is 11.5 Å². The molecule has 1 aromatic rings. The number of hydrogen-bond donors (Lipinski definition) is 1. The number of methoxy groups -OCH3 is 1. The van der Waals surface area contributed by atoms with Crippen molar-refractivity contribution in [2.24, 2.45) is 0 Å². The first-order valence-electron chi connectivity index (χ1n) is 8.11. The van der Waals surface area contributed by atoms with Crippen molar-refractivity contribution in [2.75, 3.05) is 53.0 Å². The predicted molar refractivity (Wildman–Crippen MR) is 87.7 cm³/mol. The second-order valence-corrected chi connectivity index (χ2v) is 5.76. The molecular formula is C17H28N2O3. The molecule has 1 atom stereocenters. The van der Waals surface area contributed by atoms with Crippen LogP contribution in [0, 0.1) is 0 Å². The lowest BCUT2D eigenvalue weighted by Crippen LogP contribution is -2.49. The number of ether oxygens (including phenoxy) is 2. The van der Waals surface area contributed by atoms with E-state index < -0.39 is 6.10 Å². The summed E-state index contributed by atoms with van der Waals surface area (Å²) >= 11 is 0. The average molecular weight is 308 g/mol. The molecule has 0 aliphatic carbocycles. The minimum atomic E-state index is -0.484. The van der Waals surface area contributed by atoms with Crippen molar-refractivity contribution in [1.29, 1.82) is 0 Å². The number of aliphatic hydroxyl groups excluding tert-OH is 1. The van der Waals surface area contributed by atoms with E-state index in [0.29, 0.717) is 18.0 Å². The van der Waals surface area contributed by atoms with E-state index in [9.17, 15) is 5.11 Å². The molecule has 1 aromatic carbocycles. The van der Waals surface area contributed by atoms with Crippen LogP contribution in [0.25, 0.3) is 0 Å². The molecule has 0 radical (unpaired) electrons. The van der Waals surface area contributed by atoms with Crippen LogP contribution in [-0.4, -0.2) is 74.0 Å². The molecule has 0 amide bonds. The molecule has 1 saturated heterocycles. The summed E-state index contributed by atoms with van der Waals surface area (Å²) in [5.74, 6) is 1.37. The van der Waals surface area contributed by atoms with Gasteiger partial charge < -0.3 is 19.5 Å². The SMILES string of the molecule is CCCN1CCN(CC(O)COc2ccccc2OC)CC1. The van der Waals surface area contributed by atoms with Gasteiger partial charge in [-0.2, -0.15) is 0 Å². The molecule has 1 aliphatic rings. The lowest BCUT2D eigenvalue weighted by molar-refractivity contribution is 0.0455. The number of piperazine rings is 1. The topological polar surface area (TPSA) is 45.2 Å². The van der Waals surface area contributed by atoms with Gasteiger partial charge in [-0.25, -0.2) is 0 Å². The maximum atomic E-state index is 10.2. The average Bonchev–Trinajstić information content (AvgIpc) is 2.55. The van der Waals surface area contributed by atoms with Crippen LogP contribution in [0.15, 0.2) is 24.3 Å². The smallest absolute Gasteiger partial charge is 0.161 e. The van der Waals surface area contributed by atoms with Gasteiger partial charge in [0.1, 0.15) is 12.7 Å². The molecular weight excluding hydrogens is 280 g/mol. The van der Waals surface area contributed by atoms with Crippen LogP contribution in [0.5, 0.6) is 11.5 Å². The molecule has 1 N–H and O–H groups in total. The van der Waals surface area contributed by atoms with Crippen LogP contribution < -0.4 is 9.47 Å². The molecule has 1 heterocycles. The summed E-state index contributed by atoms with van der Waals surface area (Å²) in [6.45, 7) is 8.56. The van der Waals surface area contributed by atoms with E-state index in [-0.39, 0.29) is 6.61 Å². The zero-order chi connectivity index (χ0) is 15.8. The van der Waals surface area contributed by atoms with Crippen LogP contribution in [0.2, 0.25) is 0 Å². The third-order valence-electron chi connectivity index (χ3n) is 3.97. The largest absolute Gasteiger partial charge is 0.493 e. The Morgan fingerprint density at radius 3 is 2.36 bits per heavy atom. The maximum absolute atomic E-state index is 10.2. The summed E-state index contributed by atoms with van der Waals surface area (Å²) in [5, 5.41) is 10.2. The van der Waals surface area contributed by atoms with E-state index in [4.69, 9.17) is 9.47 Å². The molecule has 0 spiro atoms. The second-order valence-electron chi connectivity index (χ2n) is 5.76. The molecule has 22 heavy (non-hydrogen) atoms. The number of aliphatic hydroxyl groups is 1. The van der Waals surface area contributed by atoms with Crippen molar-refractivity contribution in [3.8, 4) is 11.5 Å². The number of para-hydroxylation sites is 2. The Balaban J connectivity index is 1.71. The van der Waals surface area contributed by atoms with E-state index >= 15 is 0 Å². The highest BCUT2D eigenvalue weighted by Crippen LogP contribution is 2.25. The molecule has 1 unspecified atom stereocenters. The van der Waals surface area contributed by atoms with Gasteiger partial charge in [-0.15, -0.1) is 0 Å². The number of β-amino-alcohol motifs (C(OH)–C–C–N with tert-alkyl or cyclic N) is 1. The van der Waals surface area contributed by atoms with Gasteiger partial charge in [-0.1, -0.05) is 19.1 Å². The lowest BCUT2D eigenvalue weighted by Gasteiger charge is -2.35. The Kier molecular flexibility index (Phi) is 6.96. The first kappa shape index (κ1) is 17.1. The van der Waals surface area contributed by atoms with Crippen LogP contribution in [0.3, 0.4) is 0 Å². The molecule has 0 bridgehead atoms.